The van der Waals surface area contributed by atoms with Gasteiger partial charge in [-0.2, -0.15) is 5.10 Å². The lowest BCUT2D eigenvalue weighted by Gasteiger charge is -2.39. The molecule has 34 heavy (non-hydrogen) atoms. The second kappa shape index (κ2) is 10.5. The molecule has 2 aliphatic rings. The summed E-state index contributed by atoms with van der Waals surface area (Å²) in [6.45, 7) is 3.09. The van der Waals surface area contributed by atoms with E-state index in [9.17, 15) is 18.8 Å². The zero-order chi connectivity index (χ0) is 24.2. The fraction of sp³-hybridized carbons (Fsp3) is 0.583. The van der Waals surface area contributed by atoms with Crippen molar-refractivity contribution in [1.82, 2.24) is 30.0 Å². The number of halogens is 1. The van der Waals surface area contributed by atoms with Gasteiger partial charge >= 0.3 is 0 Å². The predicted octanol–water partition coefficient (Wildman–Crippen LogP) is 1.43. The molecule has 9 nitrogen and oxygen atoms in total. The maximum absolute atomic E-state index is 14.8. The summed E-state index contributed by atoms with van der Waals surface area (Å²) in [5, 5.41) is 9.89. The van der Waals surface area contributed by atoms with Crippen LogP contribution in [0.15, 0.2) is 24.5 Å². The Hall–Kier alpha value is -3.01. The van der Waals surface area contributed by atoms with Crippen LogP contribution in [0.1, 0.15) is 49.4 Å². The molecule has 0 bridgehead atoms. The van der Waals surface area contributed by atoms with Crippen molar-refractivity contribution in [2.24, 2.45) is 5.92 Å². The van der Waals surface area contributed by atoms with Crippen LogP contribution in [0.4, 0.5) is 4.39 Å². The van der Waals surface area contributed by atoms with Gasteiger partial charge in [-0.25, -0.2) is 8.91 Å². The third-order valence-electron chi connectivity index (χ3n) is 7.13. The highest BCUT2D eigenvalue weighted by Gasteiger charge is 2.36. The van der Waals surface area contributed by atoms with E-state index in [4.69, 9.17) is 0 Å². The largest absolute Gasteiger partial charge is 0.343 e. The molecule has 4 rings (SSSR count). The minimum absolute atomic E-state index is 0.00109. The summed E-state index contributed by atoms with van der Waals surface area (Å²) in [6, 6.07) is 2.01. The van der Waals surface area contributed by atoms with E-state index in [0.717, 1.165) is 32.1 Å². The van der Waals surface area contributed by atoms with E-state index in [0.29, 0.717) is 26.2 Å². The normalized spacial score (nSPS) is 19.1. The molecule has 0 spiro atoms. The number of nitrogens with one attached hydrogen (secondary N) is 2. The van der Waals surface area contributed by atoms with Gasteiger partial charge in [-0.15, -0.1) is 0 Å². The molecule has 1 saturated heterocycles. The van der Waals surface area contributed by atoms with Crippen molar-refractivity contribution < 1.29 is 18.8 Å². The number of rotatable bonds is 6. The number of piperazine rings is 1. The van der Waals surface area contributed by atoms with Gasteiger partial charge in [-0.05, 0) is 44.9 Å². The zero-order valence-corrected chi connectivity index (χ0v) is 19.8. The summed E-state index contributed by atoms with van der Waals surface area (Å²) in [7, 11) is 1.71. The molecular weight excluding hydrogens is 439 g/mol. The number of nitrogens with zero attached hydrogens (tertiary/aromatic N) is 4. The van der Waals surface area contributed by atoms with Gasteiger partial charge in [0.15, 0.2) is 5.82 Å². The first-order chi connectivity index (χ1) is 16.4. The minimum atomic E-state index is -0.595. The molecule has 2 unspecified atom stereocenters. The van der Waals surface area contributed by atoms with Crippen molar-refractivity contribution in [3.63, 3.8) is 0 Å². The van der Waals surface area contributed by atoms with Crippen molar-refractivity contribution in [3.8, 4) is 0 Å². The molecule has 0 aromatic carbocycles. The van der Waals surface area contributed by atoms with Crippen LogP contribution in [0.3, 0.4) is 0 Å². The number of likely N-dealkylation sites (N-methyl/N-ethyl adjacent to an activating group) is 1. The van der Waals surface area contributed by atoms with Crippen LogP contribution in [-0.2, 0) is 9.59 Å². The lowest BCUT2D eigenvalue weighted by Crippen LogP contribution is -2.59. The van der Waals surface area contributed by atoms with E-state index in [1.54, 1.807) is 30.0 Å². The van der Waals surface area contributed by atoms with E-state index in [-0.39, 0.29) is 28.8 Å². The van der Waals surface area contributed by atoms with Gasteiger partial charge in [0.1, 0.15) is 11.6 Å². The van der Waals surface area contributed by atoms with Gasteiger partial charge < -0.3 is 20.4 Å². The van der Waals surface area contributed by atoms with Crippen molar-refractivity contribution in [3.05, 3.63) is 35.9 Å². The Morgan fingerprint density at radius 2 is 1.74 bits per heavy atom. The van der Waals surface area contributed by atoms with Gasteiger partial charge in [0.05, 0.1) is 17.8 Å². The molecule has 2 N–H and O–H groups in total. The highest BCUT2D eigenvalue weighted by molar-refractivity contribution is 5.96. The summed E-state index contributed by atoms with van der Waals surface area (Å²) in [4.78, 5) is 42.3. The molecule has 1 aliphatic heterocycles. The Labute approximate surface area is 198 Å². The number of hydrogen-bond donors (Lipinski definition) is 2. The summed E-state index contributed by atoms with van der Waals surface area (Å²) >= 11 is 0. The van der Waals surface area contributed by atoms with Crippen molar-refractivity contribution >= 4 is 23.2 Å². The molecule has 3 heterocycles. The van der Waals surface area contributed by atoms with E-state index >= 15 is 0 Å². The molecule has 3 amide bonds. The number of carbonyl (C=O) groups is 3. The standard InChI is InChI=1S/C24H33FN6O3/c1-16(26-2)22(32)28-21(17-6-4-3-5-7-17)24(34)30-14-12-29(13-15-30)23(33)18-9-11-31-19(20(18)25)8-10-27-31/h8-11,16-17,21,26H,3-7,12-15H2,1-2H3,(H,28,32). The maximum atomic E-state index is 14.8. The first-order valence-corrected chi connectivity index (χ1v) is 12.1. The van der Waals surface area contributed by atoms with E-state index < -0.39 is 23.8 Å². The smallest absolute Gasteiger partial charge is 0.257 e. The summed E-state index contributed by atoms with van der Waals surface area (Å²) in [5.74, 6) is -1.16. The monoisotopic (exact) mass is 472 g/mol. The second-order valence-corrected chi connectivity index (χ2v) is 9.22. The van der Waals surface area contributed by atoms with Gasteiger partial charge in [-0.3, -0.25) is 14.4 Å². The highest BCUT2D eigenvalue weighted by atomic mass is 19.1. The predicted molar refractivity (Wildman–Crippen MR) is 125 cm³/mol. The molecular formula is C24H33FN6O3. The van der Waals surface area contributed by atoms with Crippen LogP contribution in [0, 0.1) is 11.7 Å². The minimum Gasteiger partial charge on any atom is -0.343 e. The second-order valence-electron chi connectivity index (χ2n) is 9.22. The van der Waals surface area contributed by atoms with Crippen molar-refractivity contribution in [1.29, 1.82) is 0 Å². The third kappa shape index (κ3) is 4.91. The molecule has 2 atom stereocenters. The zero-order valence-electron chi connectivity index (χ0n) is 19.8. The van der Waals surface area contributed by atoms with Crippen LogP contribution in [0.25, 0.3) is 5.52 Å². The highest BCUT2D eigenvalue weighted by Crippen LogP contribution is 2.28. The Morgan fingerprint density at radius 1 is 1.06 bits per heavy atom. The van der Waals surface area contributed by atoms with E-state index in [2.05, 4.69) is 15.7 Å². The number of aromatic nitrogens is 2. The van der Waals surface area contributed by atoms with Crippen molar-refractivity contribution in [2.45, 2.75) is 51.1 Å². The lowest BCUT2D eigenvalue weighted by molar-refractivity contribution is -0.140. The van der Waals surface area contributed by atoms with Gasteiger partial charge in [0, 0.05) is 32.4 Å². The third-order valence-corrected chi connectivity index (χ3v) is 7.13. The fourth-order valence-electron chi connectivity index (χ4n) is 4.88. The van der Waals surface area contributed by atoms with Gasteiger partial charge in [0.25, 0.3) is 5.91 Å². The average molecular weight is 473 g/mol. The SMILES string of the molecule is CNC(C)C(=O)NC(C(=O)N1CCN(C(=O)c2ccn3nccc3c2F)CC1)C1CCCCC1. The average Bonchev–Trinajstić information content (AvgIpc) is 3.36. The Balaban J connectivity index is 1.42. The molecule has 2 aromatic rings. The Bertz CT molecular complexity index is 1040. The van der Waals surface area contributed by atoms with Crippen LogP contribution >= 0.6 is 0 Å². The molecule has 2 fully saturated rings. The molecule has 1 saturated carbocycles. The first kappa shape index (κ1) is 24.1. The summed E-state index contributed by atoms with van der Waals surface area (Å²) in [6.07, 6.45) is 8.15. The van der Waals surface area contributed by atoms with Crippen LogP contribution in [0.5, 0.6) is 0 Å². The number of hydrogen-bond acceptors (Lipinski definition) is 5. The van der Waals surface area contributed by atoms with Gasteiger partial charge in [0.2, 0.25) is 11.8 Å². The summed E-state index contributed by atoms with van der Waals surface area (Å²) < 4.78 is 16.2. The summed E-state index contributed by atoms with van der Waals surface area (Å²) in [5.41, 5.74) is 0.253. The van der Waals surface area contributed by atoms with Gasteiger partial charge in [-0.1, -0.05) is 19.3 Å². The quantitative estimate of drug-likeness (QED) is 0.663. The number of pyridine rings is 1. The Kier molecular flexibility index (Phi) is 7.45. The fourth-order valence-corrected chi connectivity index (χ4v) is 4.88. The molecule has 1 aliphatic carbocycles. The van der Waals surface area contributed by atoms with E-state index in [1.807, 2.05) is 0 Å². The number of carbonyl (C=O) groups excluding carboxylic acids is 3. The number of fused-ring (bicyclic) bond motifs is 1. The van der Waals surface area contributed by atoms with Crippen molar-refractivity contribution in [2.75, 3.05) is 33.2 Å². The Morgan fingerprint density at radius 3 is 2.41 bits per heavy atom. The first-order valence-electron chi connectivity index (χ1n) is 12.1. The lowest BCUT2D eigenvalue weighted by atomic mass is 9.83. The van der Waals surface area contributed by atoms with Crippen LogP contribution in [-0.4, -0.2) is 82.4 Å². The van der Waals surface area contributed by atoms with E-state index in [1.165, 1.54) is 22.8 Å². The van der Waals surface area contributed by atoms with Crippen LogP contribution < -0.4 is 10.6 Å². The molecule has 184 valence electrons. The topological polar surface area (TPSA) is 99.0 Å². The molecule has 2 aromatic heterocycles. The van der Waals surface area contributed by atoms with Crippen LogP contribution in [0.2, 0.25) is 0 Å². The maximum Gasteiger partial charge on any atom is 0.257 e. The number of amides is 3. The molecule has 0 radical (unpaired) electrons. The molecule has 10 heteroatoms.